The van der Waals surface area contributed by atoms with Gasteiger partial charge in [0.2, 0.25) is 17.6 Å². The number of ether oxygens (including phenoxy) is 4. The third-order valence-electron chi connectivity index (χ3n) is 5.23. The first kappa shape index (κ1) is 24.5. The van der Waals surface area contributed by atoms with Gasteiger partial charge in [-0.25, -0.2) is 0 Å². The third kappa shape index (κ3) is 5.63. The number of hydrogen-bond donors (Lipinski definition) is 1. The highest BCUT2D eigenvalue weighted by atomic mass is 35.5. The second-order valence-electron chi connectivity index (χ2n) is 8.13. The molecule has 1 unspecified atom stereocenters. The standard InChI is InChI=1S/C24H29ClN2O6/c1-14(2)13-33-19-7-6-16(9-18(19)25)26-24(29)15-8-22(28)27(12-15)17-10-20(30-3)23(32-5)21(11-17)31-4/h6-7,9-11,14-15H,8,12-13H2,1-5H3,(H,26,29). The molecule has 0 radical (unpaired) electrons. The average Bonchev–Trinajstić information content (AvgIpc) is 3.19. The first-order chi connectivity index (χ1) is 15.8. The maximum Gasteiger partial charge on any atom is 0.229 e. The van der Waals surface area contributed by atoms with E-state index < -0.39 is 5.92 Å². The van der Waals surface area contributed by atoms with E-state index in [0.717, 1.165) is 0 Å². The zero-order valence-corrected chi connectivity index (χ0v) is 20.2. The van der Waals surface area contributed by atoms with Gasteiger partial charge in [-0.2, -0.15) is 0 Å². The predicted molar refractivity (Wildman–Crippen MR) is 127 cm³/mol. The monoisotopic (exact) mass is 476 g/mol. The van der Waals surface area contributed by atoms with Crippen molar-refractivity contribution in [3.05, 3.63) is 35.4 Å². The van der Waals surface area contributed by atoms with E-state index in [-0.39, 0.29) is 24.8 Å². The molecule has 1 saturated heterocycles. The quantitative estimate of drug-likeness (QED) is 0.577. The lowest BCUT2D eigenvalue weighted by molar-refractivity contribution is -0.122. The van der Waals surface area contributed by atoms with Gasteiger partial charge in [-0.15, -0.1) is 0 Å². The van der Waals surface area contributed by atoms with Gasteiger partial charge in [0.1, 0.15) is 5.75 Å². The van der Waals surface area contributed by atoms with Crippen molar-refractivity contribution in [1.82, 2.24) is 0 Å². The molecule has 9 heteroatoms. The van der Waals surface area contributed by atoms with E-state index in [1.54, 1.807) is 35.2 Å². The Kier molecular flexibility index (Phi) is 7.92. The molecule has 1 atom stereocenters. The Morgan fingerprint density at radius 3 is 2.30 bits per heavy atom. The molecule has 2 aromatic rings. The lowest BCUT2D eigenvalue weighted by Gasteiger charge is -2.20. The summed E-state index contributed by atoms with van der Waals surface area (Å²) in [5.41, 5.74) is 1.11. The summed E-state index contributed by atoms with van der Waals surface area (Å²) >= 11 is 6.29. The molecular weight excluding hydrogens is 448 g/mol. The van der Waals surface area contributed by atoms with E-state index in [2.05, 4.69) is 5.32 Å². The number of anilines is 2. The van der Waals surface area contributed by atoms with Crippen LogP contribution in [0.5, 0.6) is 23.0 Å². The van der Waals surface area contributed by atoms with E-state index in [0.29, 0.717) is 51.9 Å². The summed E-state index contributed by atoms with van der Waals surface area (Å²) in [5.74, 6) is 1.28. The van der Waals surface area contributed by atoms with Gasteiger partial charge in [-0.05, 0) is 24.1 Å². The number of nitrogens with one attached hydrogen (secondary N) is 1. The molecule has 1 N–H and O–H groups in total. The van der Waals surface area contributed by atoms with Gasteiger partial charge in [-0.1, -0.05) is 25.4 Å². The molecule has 0 aromatic heterocycles. The molecule has 178 valence electrons. The Balaban J connectivity index is 1.71. The number of rotatable bonds is 9. The Morgan fingerprint density at radius 1 is 1.09 bits per heavy atom. The highest BCUT2D eigenvalue weighted by molar-refractivity contribution is 6.32. The van der Waals surface area contributed by atoms with E-state index in [1.807, 2.05) is 13.8 Å². The van der Waals surface area contributed by atoms with Crippen LogP contribution < -0.4 is 29.2 Å². The highest BCUT2D eigenvalue weighted by Crippen LogP contribution is 2.42. The molecule has 33 heavy (non-hydrogen) atoms. The second-order valence-corrected chi connectivity index (χ2v) is 8.54. The van der Waals surface area contributed by atoms with Crippen molar-refractivity contribution < 1.29 is 28.5 Å². The van der Waals surface area contributed by atoms with Crippen LogP contribution in [0.15, 0.2) is 30.3 Å². The summed E-state index contributed by atoms with van der Waals surface area (Å²) in [7, 11) is 4.53. The Labute approximate surface area is 198 Å². The largest absolute Gasteiger partial charge is 0.493 e. The Morgan fingerprint density at radius 2 is 1.76 bits per heavy atom. The maximum absolute atomic E-state index is 12.9. The number of benzene rings is 2. The molecule has 2 aromatic carbocycles. The number of halogens is 1. The summed E-state index contributed by atoms with van der Waals surface area (Å²) in [6, 6.07) is 8.47. The zero-order valence-electron chi connectivity index (χ0n) is 19.4. The fraction of sp³-hybridized carbons (Fsp3) is 0.417. The first-order valence-corrected chi connectivity index (χ1v) is 11.0. The van der Waals surface area contributed by atoms with Crippen LogP contribution in [-0.2, 0) is 9.59 Å². The SMILES string of the molecule is COc1cc(N2CC(C(=O)Nc3ccc(OCC(C)C)c(Cl)c3)CC2=O)cc(OC)c1OC. The van der Waals surface area contributed by atoms with Crippen LogP contribution in [0.4, 0.5) is 11.4 Å². The Hall–Kier alpha value is -3.13. The van der Waals surface area contributed by atoms with E-state index in [4.69, 9.17) is 30.5 Å². The second kappa shape index (κ2) is 10.7. The molecule has 1 heterocycles. The van der Waals surface area contributed by atoms with Crippen LogP contribution in [0.2, 0.25) is 5.02 Å². The van der Waals surface area contributed by atoms with Crippen molar-refractivity contribution in [2.75, 3.05) is 44.7 Å². The van der Waals surface area contributed by atoms with Crippen molar-refractivity contribution >= 4 is 34.8 Å². The van der Waals surface area contributed by atoms with Crippen LogP contribution in [0, 0.1) is 11.8 Å². The molecule has 8 nitrogen and oxygen atoms in total. The average molecular weight is 477 g/mol. The molecule has 1 aliphatic heterocycles. The number of amides is 2. The number of carbonyl (C=O) groups excluding carboxylic acids is 2. The molecule has 1 fully saturated rings. The molecule has 3 rings (SSSR count). The van der Waals surface area contributed by atoms with E-state index >= 15 is 0 Å². The number of methoxy groups -OCH3 is 3. The number of carbonyl (C=O) groups is 2. The highest BCUT2D eigenvalue weighted by Gasteiger charge is 2.36. The molecule has 1 aliphatic rings. The van der Waals surface area contributed by atoms with Gasteiger partial charge in [0.15, 0.2) is 11.5 Å². The predicted octanol–water partition coefficient (Wildman–Crippen LogP) is 4.39. The van der Waals surface area contributed by atoms with E-state index in [1.165, 1.54) is 21.3 Å². The summed E-state index contributed by atoms with van der Waals surface area (Å²) < 4.78 is 21.7. The Bertz CT molecular complexity index is 1000. The summed E-state index contributed by atoms with van der Waals surface area (Å²) in [6.45, 7) is 4.87. The minimum Gasteiger partial charge on any atom is -0.493 e. The first-order valence-electron chi connectivity index (χ1n) is 10.6. The number of hydrogen-bond acceptors (Lipinski definition) is 6. The molecule has 0 aliphatic carbocycles. The minimum absolute atomic E-state index is 0.0891. The van der Waals surface area contributed by atoms with Crippen LogP contribution in [0.3, 0.4) is 0 Å². The topological polar surface area (TPSA) is 86.3 Å². The maximum atomic E-state index is 12.9. The lowest BCUT2D eigenvalue weighted by atomic mass is 10.1. The fourth-order valence-corrected chi connectivity index (χ4v) is 3.79. The van der Waals surface area contributed by atoms with Crippen LogP contribution in [-0.4, -0.2) is 46.3 Å². The van der Waals surface area contributed by atoms with Gasteiger partial charge in [0.05, 0.1) is 44.6 Å². The van der Waals surface area contributed by atoms with Crippen LogP contribution in [0.1, 0.15) is 20.3 Å². The zero-order chi connectivity index (χ0) is 24.1. The van der Waals surface area contributed by atoms with Crippen molar-refractivity contribution in [3.63, 3.8) is 0 Å². The van der Waals surface area contributed by atoms with Gasteiger partial charge in [0.25, 0.3) is 0 Å². The molecular formula is C24H29ClN2O6. The minimum atomic E-state index is -0.521. The van der Waals surface area contributed by atoms with Crippen molar-refractivity contribution in [3.8, 4) is 23.0 Å². The smallest absolute Gasteiger partial charge is 0.229 e. The molecule has 0 saturated carbocycles. The van der Waals surface area contributed by atoms with Gasteiger partial charge in [0, 0.05) is 30.8 Å². The van der Waals surface area contributed by atoms with Gasteiger partial charge < -0.3 is 29.2 Å². The third-order valence-corrected chi connectivity index (χ3v) is 5.52. The molecule has 0 spiro atoms. The van der Waals surface area contributed by atoms with Crippen LogP contribution in [0.25, 0.3) is 0 Å². The van der Waals surface area contributed by atoms with Gasteiger partial charge in [-0.3, -0.25) is 9.59 Å². The van der Waals surface area contributed by atoms with Crippen LogP contribution >= 0.6 is 11.6 Å². The summed E-state index contributed by atoms with van der Waals surface area (Å²) in [4.78, 5) is 27.1. The normalized spacial score (nSPS) is 15.5. The summed E-state index contributed by atoms with van der Waals surface area (Å²) in [5, 5.41) is 3.26. The molecule has 0 bridgehead atoms. The number of nitrogens with zero attached hydrogens (tertiary/aromatic N) is 1. The van der Waals surface area contributed by atoms with Crippen molar-refractivity contribution in [2.24, 2.45) is 11.8 Å². The van der Waals surface area contributed by atoms with Crippen molar-refractivity contribution in [1.29, 1.82) is 0 Å². The fourth-order valence-electron chi connectivity index (χ4n) is 3.55. The lowest BCUT2D eigenvalue weighted by Crippen LogP contribution is -2.28. The van der Waals surface area contributed by atoms with Crippen molar-refractivity contribution in [2.45, 2.75) is 20.3 Å². The summed E-state index contributed by atoms with van der Waals surface area (Å²) in [6.07, 6.45) is 0.0891. The molecule has 2 amide bonds. The van der Waals surface area contributed by atoms with E-state index in [9.17, 15) is 9.59 Å². The van der Waals surface area contributed by atoms with Gasteiger partial charge >= 0.3 is 0 Å².